The molecule has 0 N–H and O–H groups in total. The predicted octanol–water partition coefficient (Wildman–Crippen LogP) is 2.40. The van der Waals surface area contributed by atoms with Crippen molar-refractivity contribution in [2.24, 2.45) is 5.92 Å². The monoisotopic (exact) mass is 373 g/mol. The molecule has 2 aliphatic heterocycles. The predicted molar refractivity (Wildman–Crippen MR) is 98.7 cm³/mol. The number of nitrogens with zero attached hydrogens (tertiary/aromatic N) is 3. The fraction of sp³-hybridized carbons (Fsp3) is 0.714. The molecular weight excluding hydrogens is 345 g/mol. The van der Waals surface area contributed by atoms with Gasteiger partial charge in [-0.15, -0.1) is 0 Å². The van der Waals surface area contributed by atoms with Crippen LogP contribution in [0.4, 0.5) is 4.39 Å². The van der Waals surface area contributed by atoms with Gasteiger partial charge in [-0.05, 0) is 50.7 Å². The number of ether oxygens (including phenoxy) is 1. The molecule has 0 unspecified atom stereocenters. The van der Waals surface area contributed by atoms with Crippen molar-refractivity contribution >= 4 is 5.91 Å². The number of pyridine rings is 1. The second-order valence-corrected chi connectivity index (χ2v) is 8.96. The third-order valence-corrected chi connectivity index (χ3v) is 6.70. The van der Waals surface area contributed by atoms with Gasteiger partial charge in [-0.1, -0.05) is 0 Å². The topological polar surface area (TPSA) is 45.7 Å². The molecule has 4 fully saturated rings. The SMILES string of the molecule is O=C(C1CC1)N1CC2(CCN(CCc3ncccc3F)CC2)OC2(CC2)C1. The van der Waals surface area contributed by atoms with Gasteiger partial charge in [-0.3, -0.25) is 9.78 Å². The number of piperidine rings is 1. The van der Waals surface area contributed by atoms with Crippen LogP contribution in [0.2, 0.25) is 0 Å². The van der Waals surface area contributed by atoms with Crippen molar-refractivity contribution < 1.29 is 13.9 Å². The molecule has 27 heavy (non-hydrogen) atoms. The van der Waals surface area contributed by atoms with Gasteiger partial charge in [-0.25, -0.2) is 4.39 Å². The number of aromatic nitrogens is 1. The van der Waals surface area contributed by atoms with Crippen LogP contribution in [-0.4, -0.2) is 64.6 Å². The van der Waals surface area contributed by atoms with E-state index < -0.39 is 0 Å². The minimum Gasteiger partial charge on any atom is -0.365 e. The number of carbonyl (C=O) groups is 1. The average Bonchev–Trinajstić information content (AvgIpc) is 3.59. The van der Waals surface area contributed by atoms with Crippen LogP contribution >= 0.6 is 0 Å². The summed E-state index contributed by atoms with van der Waals surface area (Å²) >= 11 is 0. The Labute approximate surface area is 159 Å². The van der Waals surface area contributed by atoms with Gasteiger partial charge in [0.1, 0.15) is 5.82 Å². The van der Waals surface area contributed by atoms with Gasteiger partial charge < -0.3 is 14.5 Å². The number of hydrogen-bond donors (Lipinski definition) is 0. The molecule has 1 aromatic rings. The highest BCUT2D eigenvalue weighted by molar-refractivity contribution is 5.81. The third-order valence-electron chi connectivity index (χ3n) is 6.70. The van der Waals surface area contributed by atoms with Crippen LogP contribution in [0, 0.1) is 11.7 Å². The van der Waals surface area contributed by atoms with Gasteiger partial charge in [0.2, 0.25) is 5.91 Å². The first-order valence-electron chi connectivity index (χ1n) is 10.4. The summed E-state index contributed by atoms with van der Waals surface area (Å²) in [6.45, 7) is 4.26. The smallest absolute Gasteiger partial charge is 0.225 e. The minimum atomic E-state index is -0.216. The highest BCUT2D eigenvalue weighted by Gasteiger charge is 2.57. The average molecular weight is 373 g/mol. The van der Waals surface area contributed by atoms with Crippen LogP contribution in [0.1, 0.15) is 44.2 Å². The van der Waals surface area contributed by atoms with Gasteiger partial charge >= 0.3 is 0 Å². The molecule has 0 bridgehead atoms. The van der Waals surface area contributed by atoms with Crippen molar-refractivity contribution in [1.29, 1.82) is 0 Å². The van der Waals surface area contributed by atoms with E-state index in [2.05, 4.69) is 14.8 Å². The molecule has 2 spiro atoms. The van der Waals surface area contributed by atoms with E-state index in [1.807, 2.05) is 0 Å². The first kappa shape index (κ1) is 17.6. The number of rotatable bonds is 4. The number of hydrogen-bond acceptors (Lipinski definition) is 4. The summed E-state index contributed by atoms with van der Waals surface area (Å²) in [6, 6.07) is 3.11. The van der Waals surface area contributed by atoms with Crippen LogP contribution < -0.4 is 0 Å². The molecule has 2 saturated heterocycles. The molecule has 146 valence electrons. The zero-order valence-corrected chi connectivity index (χ0v) is 15.8. The summed E-state index contributed by atoms with van der Waals surface area (Å²) in [4.78, 5) is 21.3. The van der Waals surface area contributed by atoms with E-state index >= 15 is 0 Å². The van der Waals surface area contributed by atoms with E-state index in [1.54, 1.807) is 12.3 Å². The Morgan fingerprint density at radius 2 is 1.89 bits per heavy atom. The van der Waals surface area contributed by atoms with Crippen LogP contribution in [0.15, 0.2) is 18.3 Å². The number of likely N-dealkylation sites (tertiary alicyclic amines) is 1. The number of morpholine rings is 1. The van der Waals surface area contributed by atoms with Crippen molar-refractivity contribution in [2.45, 2.75) is 56.1 Å². The molecule has 5 nitrogen and oxygen atoms in total. The Kier molecular flexibility index (Phi) is 4.24. The summed E-state index contributed by atoms with van der Waals surface area (Å²) in [5.74, 6) is 0.424. The lowest BCUT2D eigenvalue weighted by Gasteiger charge is -2.50. The molecule has 5 rings (SSSR count). The molecule has 2 aliphatic carbocycles. The largest absolute Gasteiger partial charge is 0.365 e. The Balaban J connectivity index is 1.20. The molecule has 0 atom stereocenters. The highest BCUT2D eigenvalue weighted by Crippen LogP contribution is 2.50. The third kappa shape index (κ3) is 3.61. The first-order valence-corrected chi connectivity index (χ1v) is 10.4. The molecule has 1 amide bonds. The van der Waals surface area contributed by atoms with Crippen LogP contribution in [0.3, 0.4) is 0 Å². The number of halogens is 1. The summed E-state index contributed by atoms with van der Waals surface area (Å²) in [6.07, 6.45) is 8.50. The summed E-state index contributed by atoms with van der Waals surface area (Å²) in [5.41, 5.74) is 0.318. The fourth-order valence-electron chi connectivity index (χ4n) is 4.73. The van der Waals surface area contributed by atoms with E-state index in [0.717, 1.165) is 71.2 Å². The number of carbonyl (C=O) groups excluding carboxylic acids is 1. The molecule has 0 aromatic carbocycles. The van der Waals surface area contributed by atoms with Gasteiger partial charge in [-0.2, -0.15) is 0 Å². The minimum absolute atomic E-state index is 0.0535. The Morgan fingerprint density at radius 1 is 1.19 bits per heavy atom. The van der Waals surface area contributed by atoms with Crippen LogP contribution in [-0.2, 0) is 16.0 Å². The fourth-order valence-corrected chi connectivity index (χ4v) is 4.73. The van der Waals surface area contributed by atoms with Crippen molar-refractivity contribution in [2.75, 3.05) is 32.7 Å². The Bertz CT molecular complexity index is 724. The van der Waals surface area contributed by atoms with E-state index in [1.165, 1.54) is 6.07 Å². The lowest BCUT2D eigenvalue weighted by molar-refractivity contribution is -0.194. The lowest BCUT2D eigenvalue weighted by atomic mass is 9.87. The second-order valence-electron chi connectivity index (χ2n) is 8.96. The van der Waals surface area contributed by atoms with Crippen molar-refractivity contribution in [3.8, 4) is 0 Å². The summed E-state index contributed by atoms with van der Waals surface area (Å²) in [7, 11) is 0. The molecule has 0 radical (unpaired) electrons. The first-order chi connectivity index (χ1) is 13.1. The Hall–Kier alpha value is -1.53. The van der Waals surface area contributed by atoms with E-state index in [9.17, 15) is 9.18 Å². The van der Waals surface area contributed by atoms with E-state index in [-0.39, 0.29) is 22.9 Å². The Morgan fingerprint density at radius 3 is 2.52 bits per heavy atom. The molecule has 1 aromatic heterocycles. The molecule has 2 saturated carbocycles. The van der Waals surface area contributed by atoms with Gasteiger partial charge in [0.25, 0.3) is 0 Å². The van der Waals surface area contributed by atoms with Crippen molar-refractivity contribution in [1.82, 2.24) is 14.8 Å². The lowest BCUT2D eigenvalue weighted by Crippen LogP contribution is -2.62. The van der Waals surface area contributed by atoms with Crippen LogP contribution in [0.5, 0.6) is 0 Å². The second kappa shape index (κ2) is 6.52. The quantitative estimate of drug-likeness (QED) is 0.813. The maximum absolute atomic E-state index is 13.8. The molecule has 6 heteroatoms. The summed E-state index contributed by atoms with van der Waals surface area (Å²) in [5, 5.41) is 0. The highest BCUT2D eigenvalue weighted by atomic mass is 19.1. The summed E-state index contributed by atoms with van der Waals surface area (Å²) < 4.78 is 20.4. The maximum Gasteiger partial charge on any atom is 0.225 e. The van der Waals surface area contributed by atoms with Gasteiger partial charge in [0.05, 0.1) is 16.9 Å². The molecule has 3 heterocycles. The van der Waals surface area contributed by atoms with Crippen LogP contribution in [0.25, 0.3) is 0 Å². The van der Waals surface area contributed by atoms with Crippen molar-refractivity contribution in [3.05, 3.63) is 29.8 Å². The van der Waals surface area contributed by atoms with Crippen molar-refractivity contribution in [3.63, 3.8) is 0 Å². The van der Waals surface area contributed by atoms with Gasteiger partial charge in [0.15, 0.2) is 0 Å². The van der Waals surface area contributed by atoms with E-state index in [0.29, 0.717) is 18.0 Å². The standard InChI is InChI=1S/C21H28FN3O2/c22-17-2-1-10-23-18(17)5-11-24-12-8-21(9-13-24)15-25(19(26)16-3-4-16)14-20(27-21)6-7-20/h1-2,10,16H,3-9,11-15H2. The molecule has 4 aliphatic rings. The van der Waals surface area contributed by atoms with E-state index in [4.69, 9.17) is 4.74 Å². The zero-order valence-electron chi connectivity index (χ0n) is 15.8. The van der Waals surface area contributed by atoms with Gasteiger partial charge in [0, 0.05) is 51.3 Å². The normalized spacial score (nSPS) is 26.5. The molecular formula is C21H28FN3O2. The maximum atomic E-state index is 13.8. The number of amides is 1. The zero-order chi connectivity index (χ0) is 18.5.